The molecule has 13 heteroatoms. The van der Waals surface area contributed by atoms with Gasteiger partial charge in [0.15, 0.2) is 5.82 Å². The summed E-state index contributed by atoms with van der Waals surface area (Å²) in [6, 6.07) is 5.28. The minimum absolute atomic E-state index is 0.101. The van der Waals surface area contributed by atoms with Crippen molar-refractivity contribution in [2.45, 2.75) is 38.5 Å². The zero-order valence-electron chi connectivity index (χ0n) is 18.9. The van der Waals surface area contributed by atoms with Gasteiger partial charge in [-0.25, -0.2) is 19.5 Å². The van der Waals surface area contributed by atoms with Crippen LogP contribution >= 0.6 is 0 Å². The average Bonchev–Trinajstić information content (AvgIpc) is 2.80. The molecule has 3 aromatic heterocycles. The highest BCUT2D eigenvalue weighted by Crippen LogP contribution is 2.32. The van der Waals surface area contributed by atoms with E-state index in [0.29, 0.717) is 18.2 Å². The third-order valence-corrected chi connectivity index (χ3v) is 5.56. The third-order valence-electron chi connectivity index (χ3n) is 5.56. The van der Waals surface area contributed by atoms with Crippen LogP contribution in [0.15, 0.2) is 52.4 Å². The molecule has 0 radical (unpaired) electrons. The summed E-state index contributed by atoms with van der Waals surface area (Å²) >= 11 is 0. The zero-order chi connectivity index (χ0) is 26.0. The van der Waals surface area contributed by atoms with E-state index >= 15 is 0 Å². The van der Waals surface area contributed by atoms with Crippen LogP contribution in [0.1, 0.15) is 25.3 Å². The van der Waals surface area contributed by atoms with Gasteiger partial charge < -0.3 is 15.6 Å². The molecule has 0 saturated carbocycles. The van der Waals surface area contributed by atoms with Crippen molar-refractivity contribution in [3.8, 4) is 11.4 Å². The SMILES string of the molecule is CC(CCCn1ccc2cc(-c3nccc(N)n3)c(F)cc2c1=O)Nc1cn[nH]c(=O)c1C(F)(F)F. The van der Waals surface area contributed by atoms with E-state index < -0.39 is 40.4 Å². The Balaban J connectivity index is 1.48. The molecule has 0 aliphatic rings. The van der Waals surface area contributed by atoms with E-state index in [2.05, 4.69) is 20.4 Å². The Kier molecular flexibility index (Phi) is 6.73. The largest absolute Gasteiger partial charge is 0.423 e. The van der Waals surface area contributed by atoms with E-state index in [9.17, 15) is 27.2 Å². The van der Waals surface area contributed by atoms with Gasteiger partial charge in [-0.2, -0.15) is 18.3 Å². The number of pyridine rings is 1. The highest BCUT2D eigenvalue weighted by atomic mass is 19.4. The van der Waals surface area contributed by atoms with Gasteiger partial charge >= 0.3 is 6.18 Å². The molecule has 0 saturated heterocycles. The van der Waals surface area contributed by atoms with E-state index in [1.807, 2.05) is 0 Å². The Morgan fingerprint density at radius 3 is 2.72 bits per heavy atom. The van der Waals surface area contributed by atoms with Crippen molar-refractivity contribution >= 4 is 22.3 Å². The van der Waals surface area contributed by atoms with Crippen LogP contribution < -0.4 is 22.2 Å². The number of alkyl halides is 3. The predicted molar refractivity (Wildman–Crippen MR) is 126 cm³/mol. The molecule has 4 N–H and O–H groups in total. The number of anilines is 2. The lowest BCUT2D eigenvalue weighted by Gasteiger charge is -2.18. The maximum atomic E-state index is 14.8. The molecule has 4 aromatic rings. The second-order valence-electron chi connectivity index (χ2n) is 8.21. The van der Waals surface area contributed by atoms with E-state index in [-0.39, 0.29) is 29.1 Å². The van der Waals surface area contributed by atoms with E-state index in [1.54, 1.807) is 24.3 Å². The van der Waals surface area contributed by atoms with Gasteiger partial charge in [-0.05, 0) is 49.4 Å². The maximum Gasteiger partial charge on any atom is 0.423 e. The smallest absolute Gasteiger partial charge is 0.384 e. The maximum absolute atomic E-state index is 14.8. The first kappa shape index (κ1) is 24.8. The van der Waals surface area contributed by atoms with Crippen LogP contribution in [-0.2, 0) is 12.7 Å². The molecule has 9 nitrogen and oxygen atoms in total. The minimum atomic E-state index is -4.84. The Labute approximate surface area is 201 Å². The van der Waals surface area contributed by atoms with Gasteiger partial charge in [-0.3, -0.25) is 9.59 Å². The quantitative estimate of drug-likeness (QED) is 0.329. The number of hydrogen-bond donors (Lipinski definition) is 3. The van der Waals surface area contributed by atoms with Gasteiger partial charge in [-0.15, -0.1) is 0 Å². The van der Waals surface area contributed by atoms with Gasteiger partial charge in [0.2, 0.25) is 0 Å². The van der Waals surface area contributed by atoms with Crippen molar-refractivity contribution in [1.29, 1.82) is 0 Å². The molecule has 1 aromatic carbocycles. The second-order valence-corrected chi connectivity index (χ2v) is 8.21. The lowest BCUT2D eigenvalue weighted by molar-refractivity contribution is -0.138. The van der Waals surface area contributed by atoms with Crippen LogP contribution in [0.5, 0.6) is 0 Å². The predicted octanol–water partition coefficient (Wildman–Crippen LogP) is 3.56. The van der Waals surface area contributed by atoms with Gasteiger partial charge in [0, 0.05) is 25.0 Å². The molecule has 3 heterocycles. The molecule has 36 heavy (non-hydrogen) atoms. The van der Waals surface area contributed by atoms with Crippen molar-refractivity contribution in [2.24, 2.45) is 0 Å². The number of fused-ring (bicyclic) bond motifs is 1. The van der Waals surface area contributed by atoms with Crippen molar-refractivity contribution in [3.63, 3.8) is 0 Å². The highest BCUT2D eigenvalue weighted by Gasteiger charge is 2.37. The molecule has 0 bridgehead atoms. The Hall–Kier alpha value is -4.29. The summed E-state index contributed by atoms with van der Waals surface area (Å²) in [7, 11) is 0. The molecule has 1 unspecified atom stereocenters. The summed E-state index contributed by atoms with van der Waals surface area (Å²) in [5.41, 5.74) is 2.25. The molecular formula is C23H21F4N7O2. The zero-order valence-corrected chi connectivity index (χ0v) is 18.9. The number of aryl methyl sites for hydroxylation is 1. The fraction of sp³-hybridized carbons (Fsp3) is 0.261. The summed E-state index contributed by atoms with van der Waals surface area (Å²) < 4.78 is 55.8. The third kappa shape index (κ3) is 5.19. The van der Waals surface area contributed by atoms with E-state index in [4.69, 9.17) is 5.73 Å². The summed E-state index contributed by atoms with van der Waals surface area (Å²) in [5, 5.41) is 8.53. The van der Waals surface area contributed by atoms with Crippen LogP contribution in [0.4, 0.5) is 29.1 Å². The van der Waals surface area contributed by atoms with Crippen molar-refractivity contribution in [1.82, 2.24) is 24.7 Å². The number of nitrogens with two attached hydrogens (primary N) is 1. The second kappa shape index (κ2) is 9.76. The fourth-order valence-electron chi connectivity index (χ4n) is 3.85. The average molecular weight is 503 g/mol. The first-order valence-electron chi connectivity index (χ1n) is 10.9. The van der Waals surface area contributed by atoms with Crippen molar-refractivity contribution in [2.75, 3.05) is 11.1 Å². The van der Waals surface area contributed by atoms with Gasteiger partial charge in [0.25, 0.3) is 11.1 Å². The minimum Gasteiger partial charge on any atom is -0.384 e. The molecule has 4 rings (SSSR count). The summed E-state index contributed by atoms with van der Waals surface area (Å²) in [5.74, 6) is -0.388. The fourth-order valence-corrected chi connectivity index (χ4v) is 3.85. The molecule has 1 atom stereocenters. The number of H-pyrrole nitrogens is 1. The van der Waals surface area contributed by atoms with Crippen LogP contribution in [-0.4, -0.2) is 30.8 Å². The monoisotopic (exact) mass is 503 g/mol. The Morgan fingerprint density at radius 2 is 2.00 bits per heavy atom. The van der Waals surface area contributed by atoms with Gasteiger partial charge in [0.1, 0.15) is 17.2 Å². The lowest BCUT2D eigenvalue weighted by atomic mass is 10.1. The van der Waals surface area contributed by atoms with Crippen LogP contribution in [0.2, 0.25) is 0 Å². The normalized spacial score (nSPS) is 12.6. The summed E-state index contributed by atoms with van der Waals surface area (Å²) in [4.78, 5) is 32.5. The van der Waals surface area contributed by atoms with Crippen LogP contribution in [0, 0.1) is 5.82 Å². The van der Waals surface area contributed by atoms with Crippen LogP contribution in [0.3, 0.4) is 0 Å². The molecule has 0 spiro atoms. The highest BCUT2D eigenvalue weighted by molar-refractivity contribution is 5.86. The molecule has 0 aliphatic carbocycles. The molecule has 188 valence electrons. The first-order chi connectivity index (χ1) is 17.0. The number of nitrogens with one attached hydrogen (secondary N) is 2. The first-order valence-corrected chi connectivity index (χ1v) is 10.9. The number of aromatic amines is 1. The number of halogens is 4. The van der Waals surface area contributed by atoms with E-state index in [1.165, 1.54) is 22.9 Å². The van der Waals surface area contributed by atoms with Crippen molar-refractivity contribution in [3.05, 3.63) is 74.9 Å². The number of nitrogen functional groups attached to an aromatic ring is 1. The lowest BCUT2D eigenvalue weighted by Crippen LogP contribution is -2.27. The van der Waals surface area contributed by atoms with Crippen LogP contribution in [0.25, 0.3) is 22.2 Å². The van der Waals surface area contributed by atoms with E-state index in [0.717, 1.165) is 12.3 Å². The molecule has 0 fully saturated rings. The molecule has 0 amide bonds. The molecular weight excluding hydrogens is 482 g/mol. The summed E-state index contributed by atoms with van der Waals surface area (Å²) in [6.07, 6.45) is -0.153. The topological polar surface area (TPSA) is 132 Å². The number of aromatic nitrogens is 5. The number of rotatable bonds is 7. The standard InChI is InChI=1S/C23H21F4N7O2/c1-12(31-17-11-30-33-21(35)19(17)23(25,26)27)3-2-7-34-8-5-13-9-15(16(24)10-14(13)22(34)36)20-29-6-4-18(28)32-20/h4-6,8-12H,2-3,7H2,1H3,(H2,28,29,32)(H2,31,33,35). The number of benzene rings is 1. The van der Waals surface area contributed by atoms with Gasteiger partial charge in [-0.1, -0.05) is 0 Å². The molecule has 0 aliphatic heterocycles. The number of hydrogen-bond acceptors (Lipinski definition) is 7. The Morgan fingerprint density at radius 1 is 1.22 bits per heavy atom. The number of nitrogens with zero attached hydrogens (tertiary/aromatic N) is 4. The summed E-state index contributed by atoms with van der Waals surface area (Å²) in [6.45, 7) is 1.90. The Bertz CT molecular complexity index is 1530. The van der Waals surface area contributed by atoms with Gasteiger partial charge in [0.05, 0.1) is 22.8 Å². The van der Waals surface area contributed by atoms with Crippen molar-refractivity contribution < 1.29 is 17.6 Å².